The van der Waals surface area contributed by atoms with Crippen molar-refractivity contribution in [1.82, 2.24) is 0 Å². The molecule has 2 atom stereocenters. The molecule has 94 valence electrons. The summed E-state index contributed by atoms with van der Waals surface area (Å²) >= 11 is 0. The Balaban J connectivity index is 2.07. The average Bonchev–Trinajstić information content (AvgIpc) is 2.66. The van der Waals surface area contributed by atoms with E-state index >= 15 is 0 Å². The fourth-order valence-electron chi connectivity index (χ4n) is 2.28. The fraction of sp³-hybridized carbons (Fsp3) is 0.308. The smallest absolute Gasteiger partial charge is 0.295 e. The first-order valence-electron chi connectivity index (χ1n) is 5.67. The summed E-state index contributed by atoms with van der Waals surface area (Å²) < 4.78 is 0. The highest BCUT2D eigenvalue weighted by Crippen LogP contribution is 2.30. The molecule has 1 aromatic carbocycles. The maximum absolute atomic E-state index is 12.1. The molecule has 0 amide bonds. The van der Waals surface area contributed by atoms with Crippen LogP contribution >= 0.6 is 0 Å². The molecule has 0 N–H and O–H groups in total. The standard InChI is InChI=1S/C13H13NO4/c1-2-11(18-14(16)17)8-10-7-9-5-3-4-6-12(9)13(10)15/h2-6,10-11H,1,7-8H2. The third kappa shape index (κ3) is 2.40. The molecule has 1 aromatic rings. The second kappa shape index (κ2) is 5.00. The summed E-state index contributed by atoms with van der Waals surface area (Å²) in [4.78, 5) is 26.8. The van der Waals surface area contributed by atoms with Crippen LogP contribution in [0.2, 0.25) is 0 Å². The van der Waals surface area contributed by atoms with Gasteiger partial charge >= 0.3 is 0 Å². The number of hydrogen-bond acceptors (Lipinski definition) is 4. The van der Waals surface area contributed by atoms with Gasteiger partial charge in [-0.15, -0.1) is 16.7 Å². The van der Waals surface area contributed by atoms with Crippen molar-refractivity contribution in [3.8, 4) is 0 Å². The molecule has 0 heterocycles. The van der Waals surface area contributed by atoms with Crippen molar-refractivity contribution < 1.29 is 14.7 Å². The zero-order chi connectivity index (χ0) is 13.1. The van der Waals surface area contributed by atoms with Crippen LogP contribution in [0.15, 0.2) is 36.9 Å². The molecule has 18 heavy (non-hydrogen) atoms. The largest absolute Gasteiger partial charge is 0.306 e. The van der Waals surface area contributed by atoms with Crippen molar-refractivity contribution in [3.05, 3.63) is 58.2 Å². The Morgan fingerprint density at radius 3 is 2.89 bits per heavy atom. The Hall–Kier alpha value is -2.17. The zero-order valence-electron chi connectivity index (χ0n) is 9.74. The van der Waals surface area contributed by atoms with Crippen LogP contribution in [0.3, 0.4) is 0 Å². The Morgan fingerprint density at radius 2 is 2.28 bits per heavy atom. The van der Waals surface area contributed by atoms with Crippen LogP contribution in [0.4, 0.5) is 0 Å². The maximum Gasteiger partial charge on any atom is 0.295 e. The summed E-state index contributed by atoms with van der Waals surface area (Å²) in [6.45, 7) is 3.49. The highest BCUT2D eigenvalue weighted by atomic mass is 17.0. The minimum absolute atomic E-state index is 0.0318. The van der Waals surface area contributed by atoms with Gasteiger partial charge in [-0.1, -0.05) is 30.3 Å². The van der Waals surface area contributed by atoms with Gasteiger partial charge < -0.3 is 4.84 Å². The summed E-state index contributed by atoms with van der Waals surface area (Å²) in [5, 5.41) is 9.44. The number of rotatable bonds is 5. The summed E-state index contributed by atoms with van der Waals surface area (Å²) in [7, 11) is 0. The van der Waals surface area contributed by atoms with E-state index in [0.29, 0.717) is 12.0 Å². The molecule has 2 unspecified atom stereocenters. The van der Waals surface area contributed by atoms with Gasteiger partial charge in [0.25, 0.3) is 5.09 Å². The zero-order valence-corrected chi connectivity index (χ0v) is 9.74. The van der Waals surface area contributed by atoms with E-state index in [0.717, 1.165) is 5.56 Å². The summed E-state index contributed by atoms with van der Waals surface area (Å²) in [5.74, 6) is -0.227. The molecule has 1 aliphatic carbocycles. The Bertz CT molecular complexity index is 498. The fourth-order valence-corrected chi connectivity index (χ4v) is 2.28. The molecule has 5 nitrogen and oxygen atoms in total. The van der Waals surface area contributed by atoms with Crippen molar-refractivity contribution in [1.29, 1.82) is 0 Å². The van der Waals surface area contributed by atoms with Gasteiger partial charge in [0.05, 0.1) is 0 Å². The van der Waals surface area contributed by atoms with E-state index in [1.54, 1.807) is 6.07 Å². The molecule has 5 heteroatoms. The van der Waals surface area contributed by atoms with Crippen molar-refractivity contribution in [2.45, 2.75) is 18.9 Å². The molecule has 1 aliphatic rings. The molecule has 0 fully saturated rings. The summed E-state index contributed by atoms with van der Waals surface area (Å²) in [6, 6.07) is 7.39. The van der Waals surface area contributed by atoms with E-state index in [1.165, 1.54) is 6.08 Å². The first kappa shape index (κ1) is 12.3. The number of hydrogen-bond donors (Lipinski definition) is 0. The minimum Gasteiger partial charge on any atom is -0.306 e. The van der Waals surface area contributed by atoms with Crippen LogP contribution in [-0.4, -0.2) is 17.0 Å². The van der Waals surface area contributed by atoms with Crippen LogP contribution in [0, 0.1) is 16.0 Å². The number of benzene rings is 1. The molecular formula is C13H13NO4. The van der Waals surface area contributed by atoms with Crippen molar-refractivity contribution in [2.75, 3.05) is 0 Å². The minimum atomic E-state index is -0.848. The Morgan fingerprint density at radius 1 is 1.56 bits per heavy atom. The van der Waals surface area contributed by atoms with Crippen molar-refractivity contribution in [2.24, 2.45) is 5.92 Å². The monoisotopic (exact) mass is 247 g/mol. The van der Waals surface area contributed by atoms with Gasteiger partial charge in [0.2, 0.25) is 0 Å². The van der Waals surface area contributed by atoms with Gasteiger partial charge in [0.1, 0.15) is 6.10 Å². The van der Waals surface area contributed by atoms with E-state index in [1.807, 2.05) is 18.2 Å². The number of carbonyl (C=O) groups excluding carboxylic acids is 1. The number of carbonyl (C=O) groups is 1. The number of Topliss-reactive ketones (excluding diaryl/α,β-unsaturated/α-hetero) is 1. The van der Waals surface area contributed by atoms with Gasteiger partial charge in [-0.25, -0.2) is 0 Å². The third-order valence-corrected chi connectivity index (χ3v) is 3.12. The van der Waals surface area contributed by atoms with E-state index in [4.69, 9.17) is 0 Å². The normalized spacial score (nSPS) is 19.1. The van der Waals surface area contributed by atoms with Crippen LogP contribution in [-0.2, 0) is 11.3 Å². The van der Waals surface area contributed by atoms with E-state index in [-0.39, 0.29) is 18.1 Å². The molecule has 0 aliphatic heterocycles. The Kier molecular flexibility index (Phi) is 3.41. The van der Waals surface area contributed by atoms with Crippen LogP contribution in [0.25, 0.3) is 0 Å². The van der Waals surface area contributed by atoms with E-state index < -0.39 is 11.2 Å². The van der Waals surface area contributed by atoms with Gasteiger partial charge in [0.15, 0.2) is 5.78 Å². The predicted molar refractivity (Wildman–Crippen MR) is 64.6 cm³/mol. The van der Waals surface area contributed by atoms with Gasteiger partial charge in [-0.3, -0.25) is 4.79 Å². The van der Waals surface area contributed by atoms with E-state index in [2.05, 4.69) is 11.4 Å². The number of ketones is 1. The first-order chi connectivity index (χ1) is 8.61. The maximum atomic E-state index is 12.1. The van der Waals surface area contributed by atoms with Gasteiger partial charge in [0, 0.05) is 11.5 Å². The summed E-state index contributed by atoms with van der Waals surface area (Å²) in [6.07, 6.45) is 1.53. The van der Waals surface area contributed by atoms with E-state index in [9.17, 15) is 14.9 Å². The lowest BCUT2D eigenvalue weighted by atomic mass is 9.97. The van der Waals surface area contributed by atoms with Crippen LogP contribution in [0.5, 0.6) is 0 Å². The predicted octanol–water partition coefficient (Wildman–Crippen LogP) is 2.19. The molecule has 0 saturated carbocycles. The lowest BCUT2D eigenvalue weighted by molar-refractivity contribution is -0.765. The lowest BCUT2D eigenvalue weighted by Crippen LogP contribution is -2.21. The molecule has 0 spiro atoms. The van der Waals surface area contributed by atoms with Crippen LogP contribution < -0.4 is 0 Å². The second-order valence-corrected chi connectivity index (χ2v) is 4.26. The summed E-state index contributed by atoms with van der Waals surface area (Å²) in [5.41, 5.74) is 1.71. The molecule has 0 saturated heterocycles. The highest BCUT2D eigenvalue weighted by Gasteiger charge is 2.32. The second-order valence-electron chi connectivity index (χ2n) is 4.26. The highest BCUT2D eigenvalue weighted by molar-refractivity contribution is 6.02. The number of nitrogens with zero attached hydrogens (tertiary/aromatic N) is 1. The molecule has 0 radical (unpaired) electrons. The quantitative estimate of drug-likeness (QED) is 0.454. The Labute approximate surface area is 104 Å². The molecule has 0 aromatic heterocycles. The van der Waals surface area contributed by atoms with Gasteiger partial charge in [-0.2, -0.15) is 0 Å². The van der Waals surface area contributed by atoms with Gasteiger partial charge in [-0.05, 0) is 18.4 Å². The molecular weight excluding hydrogens is 234 g/mol. The molecule has 0 bridgehead atoms. The first-order valence-corrected chi connectivity index (χ1v) is 5.67. The van der Waals surface area contributed by atoms with Crippen LogP contribution in [0.1, 0.15) is 22.3 Å². The van der Waals surface area contributed by atoms with Crippen molar-refractivity contribution in [3.63, 3.8) is 0 Å². The average molecular weight is 247 g/mol. The lowest BCUT2D eigenvalue weighted by Gasteiger charge is -2.13. The van der Waals surface area contributed by atoms with Crippen molar-refractivity contribution >= 4 is 5.78 Å². The number of fused-ring (bicyclic) bond motifs is 1. The molecule has 2 rings (SSSR count). The third-order valence-electron chi connectivity index (χ3n) is 3.12. The SMILES string of the molecule is C=CC(CC1Cc2ccccc2C1=O)O[N+](=O)[O-]. The topological polar surface area (TPSA) is 69.4 Å².